The Labute approximate surface area is 130 Å². The van der Waals surface area contributed by atoms with E-state index in [1.54, 1.807) is 25.3 Å². The van der Waals surface area contributed by atoms with Crippen LogP contribution in [0.2, 0.25) is 10.0 Å². The van der Waals surface area contributed by atoms with E-state index >= 15 is 0 Å². The number of benzene rings is 1. The number of rotatable bonds is 5. The monoisotopic (exact) mass is 327 g/mol. The van der Waals surface area contributed by atoms with Gasteiger partial charge in [-0.05, 0) is 12.1 Å². The van der Waals surface area contributed by atoms with Gasteiger partial charge in [-0.15, -0.1) is 0 Å². The molecule has 1 aromatic heterocycles. The minimum atomic E-state index is -0.556. The average Bonchev–Trinajstić information content (AvgIpc) is 2.46. The SMILES string of the molecule is COc1cccc(Cl)c1CNc1ncc([N+](=O)[O-])cc1Cl. The van der Waals surface area contributed by atoms with Gasteiger partial charge in [0.25, 0.3) is 5.69 Å². The normalized spacial score (nSPS) is 10.2. The number of hydrogen-bond acceptors (Lipinski definition) is 5. The highest BCUT2D eigenvalue weighted by atomic mass is 35.5. The zero-order valence-corrected chi connectivity index (χ0v) is 12.5. The predicted octanol–water partition coefficient (Wildman–Crippen LogP) is 3.92. The fraction of sp³-hybridized carbons (Fsp3) is 0.154. The minimum absolute atomic E-state index is 0.162. The summed E-state index contributed by atoms with van der Waals surface area (Å²) in [6, 6.07) is 6.54. The number of ether oxygens (including phenoxy) is 1. The van der Waals surface area contributed by atoms with Gasteiger partial charge in [0, 0.05) is 23.2 Å². The summed E-state index contributed by atoms with van der Waals surface area (Å²) in [7, 11) is 1.55. The summed E-state index contributed by atoms with van der Waals surface area (Å²) < 4.78 is 5.23. The Kier molecular flexibility index (Phi) is 4.82. The number of nitrogens with one attached hydrogen (secondary N) is 1. The molecule has 110 valence electrons. The summed E-state index contributed by atoms with van der Waals surface area (Å²) in [5.41, 5.74) is 0.582. The van der Waals surface area contributed by atoms with Crippen LogP contribution in [-0.2, 0) is 6.54 Å². The molecule has 0 amide bonds. The van der Waals surface area contributed by atoms with Crippen LogP contribution in [0.5, 0.6) is 5.75 Å². The smallest absolute Gasteiger partial charge is 0.289 e. The molecule has 0 bridgehead atoms. The Morgan fingerprint density at radius 1 is 1.38 bits per heavy atom. The number of pyridine rings is 1. The Bertz CT molecular complexity index is 680. The molecule has 1 aromatic carbocycles. The van der Waals surface area contributed by atoms with E-state index in [1.807, 2.05) is 0 Å². The van der Waals surface area contributed by atoms with Crippen LogP contribution in [0.25, 0.3) is 0 Å². The molecule has 0 unspecified atom stereocenters. The molecule has 0 radical (unpaired) electrons. The van der Waals surface area contributed by atoms with Gasteiger partial charge in [-0.2, -0.15) is 0 Å². The van der Waals surface area contributed by atoms with Crippen molar-refractivity contribution in [1.82, 2.24) is 4.98 Å². The maximum Gasteiger partial charge on any atom is 0.289 e. The quantitative estimate of drug-likeness (QED) is 0.665. The molecular weight excluding hydrogens is 317 g/mol. The first kappa shape index (κ1) is 15.3. The van der Waals surface area contributed by atoms with Gasteiger partial charge in [-0.3, -0.25) is 10.1 Å². The van der Waals surface area contributed by atoms with Crippen LogP contribution in [0.4, 0.5) is 11.5 Å². The van der Waals surface area contributed by atoms with Gasteiger partial charge in [-0.25, -0.2) is 4.98 Å². The average molecular weight is 328 g/mol. The molecule has 0 atom stereocenters. The number of anilines is 1. The third-order valence-corrected chi connectivity index (χ3v) is 3.41. The van der Waals surface area contributed by atoms with E-state index in [9.17, 15) is 10.1 Å². The zero-order valence-electron chi connectivity index (χ0n) is 11.0. The van der Waals surface area contributed by atoms with Crippen LogP contribution in [-0.4, -0.2) is 17.0 Å². The van der Waals surface area contributed by atoms with Crippen molar-refractivity contribution in [2.75, 3.05) is 12.4 Å². The molecule has 8 heteroatoms. The van der Waals surface area contributed by atoms with Crippen molar-refractivity contribution in [3.63, 3.8) is 0 Å². The molecule has 21 heavy (non-hydrogen) atoms. The molecule has 0 saturated heterocycles. The van der Waals surface area contributed by atoms with Crippen LogP contribution in [0.3, 0.4) is 0 Å². The second-order valence-corrected chi connectivity index (χ2v) is 4.87. The van der Waals surface area contributed by atoms with Gasteiger partial charge in [0.2, 0.25) is 0 Å². The summed E-state index contributed by atoms with van der Waals surface area (Å²) >= 11 is 12.1. The maximum atomic E-state index is 10.6. The second-order valence-electron chi connectivity index (χ2n) is 4.06. The number of hydrogen-bond donors (Lipinski definition) is 1. The lowest BCUT2D eigenvalue weighted by atomic mass is 10.2. The lowest BCUT2D eigenvalue weighted by Gasteiger charge is -2.12. The Balaban J connectivity index is 2.19. The fourth-order valence-corrected chi connectivity index (χ4v) is 2.19. The van der Waals surface area contributed by atoms with E-state index in [1.165, 1.54) is 6.07 Å². The molecule has 6 nitrogen and oxygen atoms in total. The third kappa shape index (κ3) is 3.53. The van der Waals surface area contributed by atoms with E-state index in [-0.39, 0.29) is 10.7 Å². The Morgan fingerprint density at radius 3 is 2.76 bits per heavy atom. The zero-order chi connectivity index (χ0) is 15.4. The highest BCUT2D eigenvalue weighted by Gasteiger charge is 2.12. The lowest BCUT2D eigenvalue weighted by molar-refractivity contribution is -0.385. The molecule has 0 saturated carbocycles. The summed E-state index contributed by atoms with van der Waals surface area (Å²) in [6.45, 7) is 0.327. The molecule has 0 spiro atoms. The van der Waals surface area contributed by atoms with E-state index < -0.39 is 4.92 Å². The molecular formula is C13H11Cl2N3O3. The van der Waals surface area contributed by atoms with Crippen LogP contribution in [0.15, 0.2) is 30.5 Å². The topological polar surface area (TPSA) is 77.3 Å². The van der Waals surface area contributed by atoms with Gasteiger partial charge in [0.1, 0.15) is 17.8 Å². The Morgan fingerprint density at radius 2 is 2.14 bits per heavy atom. The second kappa shape index (κ2) is 6.60. The Hall–Kier alpha value is -2.05. The number of methoxy groups -OCH3 is 1. The van der Waals surface area contributed by atoms with E-state index in [4.69, 9.17) is 27.9 Å². The molecule has 2 aromatic rings. The van der Waals surface area contributed by atoms with Gasteiger partial charge in [0.05, 0.1) is 17.1 Å². The molecule has 1 N–H and O–H groups in total. The van der Waals surface area contributed by atoms with Crippen molar-refractivity contribution in [2.24, 2.45) is 0 Å². The van der Waals surface area contributed by atoms with Crippen molar-refractivity contribution >= 4 is 34.7 Å². The van der Waals surface area contributed by atoms with Gasteiger partial charge in [0.15, 0.2) is 0 Å². The first-order valence-electron chi connectivity index (χ1n) is 5.88. The first-order chi connectivity index (χ1) is 10.0. The van der Waals surface area contributed by atoms with Gasteiger partial charge >= 0.3 is 0 Å². The van der Waals surface area contributed by atoms with Crippen molar-refractivity contribution in [2.45, 2.75) is 6.54 Å². The van der Waals surface area contributed by atoms with E-state index in [0.29, 0.717) is 23.1 Å². The number of nitrogens with zero attached hydrogens (tertiary/aromatic N) is 2. The maximum absolute atomic E-state index is 10.6. The van der Waals surface area contributed by atoms with Crippen LogP contribution in [0, 0.1) is 10.1 Å². The highest BCUT2D eigenvalue weighted by Crippen LogP contribution is 2.29. The van der Waals surface area contributed by atoms with Gasteiger partial charge in [-0.1, -0.05) is 29.3 Å². The number of nitro groups is 1. The molecule has 1 heterocycles. The largest absolute Gasteiger partial charge is 0.496 e. The van der Waals surface area contributed by atoms with Crippen LogP contribution in [0.1, 0.15) is 5.56 Å². The van der Waals surface area contributed by atoms with Crippen LogP contribution >= 0.6 is 23.2 Å². The fourth-order valence-electron chi connectivity index (χ4n) is 1.73. The van der Waals surface area contributed by atoms with Crippen LogP contribution < -0.4 is 10.1 Å². The van der Waals surface area contributed by atoms with Gasteiger partial charge < -0.3 is 10.1 Å². The highest BCUT2D eigenvalue weighted by molar-refractivity contribution is 6.33. The lowest BCUT2D eigenvalue weighted by Crippen LogP contribution is -2.05. The summed E-state index contributed by atoms with van der Waals surface area (Å²) in [5.74, 6) is 0.970. The molecule has 0 aliphatic heterocycles. The van der Waals surface area contributed by atoms with Crippen molar-refractivity contribution in [3.05, 3.63) is 56.2 Å². The van der Waals surface area contributed by atoms with Crippen molar-refractivity contribution in [3.8, 4) is 5.75 Å². The number of aromatic nitrogens is 1. The minimum Gasteiger partial charge on any atom is -0.496 e. The molecule has 0 aliphatic rings. The third-order valence-electron chi connectivity index (χ3n) is 2.77. The van der Waals surface area contributed by atoms with E-state index in [0.717, 1.165) is 11.8 Å². The summed E-state index contributed by atoms with van der Waals surface area (Å²) in [4.78, 5) is 14.0. The summed E-state index contributed by atoms with van der Waals surface area (Å²) in [5, 5.41) is 14.3. The predicted molar refractivity (Wildman–Crippen MR) is 81.2 cm³/mol. The molecule has 0 fully saturated rings. The molecule has 2 rings (SSSR count). The molecule has 0 aliphatic carbocycles. The standard InChI is InChI=1S/C13H11Cl2N3O3/c1-21-12-4-2-3-10(14)9(12)7-17-13-11(15)5-8(6-16-13)18(19)20/h2-6H,7H2,1H3,(H,16,17). The van der Waals surface area contributed by atoms with Crippen molar-refractivity contribution in [1.29, 1.82) is 0 Å². The van der Waals surface area contributed by atoms with E-state index in [2.05, 4.69) is 10.3 Å². The first-order valence-corrected chi connectivity index (χ1v) is 6.63. The number of halogens is 2. The summed E-state index contributed by atoms with van der Waals surface area (Å²) in [6.07, 6.45) is 1.14. The van der Waals surface area contributed by atoms with Crippen molar-refractivity contribution < 1.29 is 9.66 Å².